The number of halogens is 2. The van der Waals surface area contributed by atoms with Crippen LogP contribution < -0.4 is 0 Å². The summed E-state index contributed by atoms with van der Waals surface area (Å²) in [7, 11) is 0. The molecule has 0 bridgehead atoms. The first-order valence-electron chi connectivity index (χ1n) is 2.45. The minimum absolute atomic E-state index is 0.0214. The van der Waals surface area contributed by atoms with Gasteiger partial charge in [0.15, 0.2) is 11.6 Å². The fourth-order valence-corrected chi connectivity index (χ4v) is 1.12. The van der Waals surface area contributed by atoms with E-state index in [1.807, 2.05) is 0 Å². The summed E-state index contributed by atoms with van der Waals surface area (Å²) < 4.78 is 0.298. The smallest absolute Gasteiger partial charge is 0.198 e. The van der Waals surface area contributed by atoms with Crippen LogP contribution in [0.5, 0.6) is 0 Å². The monoisotopic (exact) mass is 268 g/mol. The van der Waals surface area contributed by atoms with Crippen molar-refractivity contribution in [2.75, 3.05) is 0 Å². The number of carbonyl (C=O) groups excluding carboxylic acids is 2. The average molecular weight is 268 g/mol. The van der Waals surface area contributed by atoms with Crippen LogP contribution in [0.1, 0.15) is 0 Å². The summed E-state index contributed by atoms with van der Waals surface area (Å²) in [6.45, 7) is 0. The zero-order chi connectivity index (χ0) is 7.72. The number of ketones is 2. The average Bonchev–Trinajstić information content (AvgIpc) is 1.93. The van der Waals surface area contributed by atoms with Crippen LogP contribution in [0.2, 0.25) is 0 Å². The van der Waals surface area contributed by atoms with Crippen LogP contribution in [0.25, 0.3) is 0 Å². The van der Waals surface area contributed by atoms with Crippen molar-refractivity contribution in [1.29, 1.82) is 0 Å². The molecule has 10 heavy (non-hydrogen) atoms. The molecule has 0 aromatic heterocycles. The molecular formula is C6H2ClIO2. The van der Waals surface area contributed by atoms with E-state index in [-0.39, 0.29) is 16.6 Å². The first-order chi connectivity index (χ1) is 4.63. The SMILES string of the molecule is O=C1C=CC(=O)C(I)=C1Cl. The lowest BCUT2D eigenvalue weighted by Crippen LogP contribution is -2.06. The Morgan fingerprint density at radius 2 is 1.70 bits per heavy atom. The van der Waals surface area contributed by atoms with Gasteiger partial charge in [-0.25, -0.2) is 0 Å². The van der Waals surface area contributed by atoms with E-state index in [1.54, 1.807) is 22.6 Å². The van der Waals surface area contributed by atoms with E-state index >= 15 is 0 Å². The molecule has 0 aromatic carbocycles. The number of hydrogen-bond acceptors (Lipinski definition) is 2. The van der Waals surface area contributed by atoms with E-state index in [4.69, 9.17) is 11.6 Å². The molecule has 52 valence electrons. The van der Waals surface area contributed by atoms with Crippen molar-refractivity contribution in [3.63, 3.8) is 0 Å². The Bertz CT molecular complexity index is 239. The van der Waals surface area contributed by atoms with Gasteiger partial charge in [-0.3, -0.25) is 9.59 Å². The van der Waals surface area contributed by atoms with E-state index in [9.17, 15) is 9.59 Å². The van der Waals surface area contributed by atoms with E-state index in [0.29, 0.717) is 3.58 Å². The second kappa shape index (κ2) is 2.84. The molecule has 0 aliphatic heterocycles. The highest BCUT2D eigenvalue weighted by molar-refractivity contribution is 14.1. The minimum atomic E-state index is -0.300. The maximum absolute atomic E-state index is 10.8. The minimum Gasteiger partial charge on any atom is -0.289 e. The van der Waals surface area contributed by atoms with Crippen molar-refractivity contribution in [2.45, 2.75) is 0 Å². The molecule has 0 saturated carbocycles. The molecule has 0 saturated heterocycles. The second-order valence-corrected chi connectivity index (χ2v) is 3.15. The highest BCUT2D eigenvalue weighted by Gasteiger charge is 2.17. The highest BCUT2D eigenvalue weighted by atomic mass is 127. The van der Waals surface area contributed by atoms with Crippen LogP contribution in [-0.2, 0) is 9.59 Å². The van der Waals surface area contributed by atoms with Gasteiger partial charge in [0.25, 0.3) is 0 Å². The lowest BCUT2D eigenvalue weighted by Gasteiger charge is -2.01. The number of rotatable bonds is 0. The Morgan fingerprint density at radius 1 is 1.20 bits per heavy atom. The lowest BCUT2D eigenvalue weighted by molar-refractivity contribution is -0.114. The number of allylic oxidation sites excluding steroid dienone is 4. The summed E-state index contributed by atoms with van der Waals surface area (Å²) in [5, 5.41) is 0.0214. The Balaban J connectivity index is 3.12. The zero-order valence-electron chi connectivity index (χ0n) is 4.73. The molecule has 1 rings (SSSR count). The number of hydrogen-bond donors (Lipinski definition) is 0. The van der Waals surface area contributed by atoms with Gasteiger partial charge in [-0.15, -0.1) is 0 Å². The van der Waals surface area contributed by atoms with Gasteiger partial charge < -0.3 is 0 Å². The summed E-state index contributed by atoms with van der Waals surface area (Å²) >= 11 is 7.21. The van der Waals surface area contributed by atoms with E-state index in [1.165, 1.54) is 12.2 Å². The van der Waals surface area contributed by atoms with Gasteiger partial charge in [-0.05, 0) is 34.7 Å². The molecule has 1 aliphatic rings. The Labute approximate surface area is 76.1 Å². The van der Waals surface area contributed by atoms with Gasteiger partial charge in [0.05, 0.1) is 3.58 Å². The van der Waals surface area contributed by atoms with E-state index < -0.39 is 0 Å². The molecule has 2 nitrogen and oxygen atoms in total. The van der Waals surface area contributed by atoms with Gasteiger partial charge in [-0.2, -0.15) is 0 Å². The Kier molecular flexibility index (Phi) is 2.25. The van der Waals surface area contributed by atoms with Gasteiger partial charge in [0.1, 0.15) is 5.03 Å². The third-order valence-corrected chi connectivity index (χ3v) is 2.78. The largest absolute Gasteiger partial charge is 0.289 e. The van der Waals surface area contributed by atoms with Crippen molar-refractivity contribution in [3.8, 4) is 0 Å². The fourth-order valence-electron chi connectivity index (χ4n) is 0.514. The fraction of sp³-hybridized carbons (Fsp3) is 0. The third-order valence-electron chi connectivity index (χ3n) is 1.01. The molecule has 0 spiro atoms. The molecule has 1 aliphatic carbocycles. The second-order valence-electron chi connectivity index (χ2n) is 1.69. The van der Waals surface area contributed by atoms with Gasteiger partial charge in [0, 0.05) is 0 Å². The highest BCUT2D eigenvalue weighted by Crippen LogP contribution is 2.22. The van der Waals surface area contributed by atoms with Crippen LogP contribution in [0.4, 0.5) is 0 Å². The van der Waals surface area contributed by atoms with Crippen LogP contribution in [0.3, 0.4) is 0 Å². The molecule has 0 fully saturated rings. The summed E-state index contributed by atoms with van der Waals surface area (Å²) in [6.07, 6.45) is 2.39. The van der Waals surface area contributed by atoms with Crippen molar-refractivity contribution < 1.29 is 9.59 Å². The summed E-state index contributed by atoms with van der Waals surface area (Å²) in [6, 6.07) is 0. The van der Waals surface area contributed by atoms with Crippen LogP contribution >= 0.6 is 34.2 Å². The predicted octanol–water partition coefficient (Wildman–Crippen LogP) is 1.58. The molecule has 4 heteroatoms. The topological polar surface area (TPSA) is 34.1 Å². The molecule has 0 radical (unpaired) electrons. The molecule has 0 aromatic rings. The molecular weight excluding hydrogens is 266 g/mol. The first kappa shape index (κ1) is 7.94. The van der Waals surface area contributed by atoms with Crippen molar-refractivity contribution in [1.82, 2.24) is 0 Å². The van der Waals surface area contributed by atoms with Gasteiger partial charge in [-0.1, -0.05) is 11.6 Å². The van der Waals surface area contributed by atoms with Gasteiger partial charge in [0.2, 0.25) is 0 Å². The molecule has 0 N–H and O–H groups in total. The lowest BCUT2D eigenvalue weighted by atomic mass is 10.2. The molecule has 0 heterocycles. The van der Waals surface area contributed by atoms with Crippen molar-refractivity contribution >= 4 is 45.8 Å². The molecule has 0 unspecified atom stereocenters. The molecule has 0 atom stereocenters. The van der Waals surface area contributed by atoms with Crippen LogP contribution in [-0.4, -0.2) is 11.6 Å². The van der Waals surface area contributed by atoms with Gasteiger partial charge >= 0.3 is 0 Å². The summed E-state index contributed by atoms with van der Waals surface area (Å²) in [4.78, 5) is 21.5. The Hall–Kier alpha value is -0.160. The standard InChI is InChI=1S/C6H2ClIO2/c7-5-3(9)1-2-4(10)6(5)8/h1-2H. The van der Waals surface area contributed by atoms with E-state index in [2.05, 4.69) is 0 Å². The summed E-state index contributed by atoms with van der Waals surface area (Å²) in [5.74, 6) is -0.504. The van der Waals surface area contributed by atoms with Crippen molar-refractivity contribution in [3.05, 3.63) is 20.8 Å². The Morgan fingerprint density at radius 3 is 2.20 bits per heavy atom. The zero-order valence-corrected chi connectivity index (χ0v) is 7.64. The normalized spacial score (nSPS) is 18.6. The maximum Gasteiger partial charge on any atom is 0.198 e. The first-order valence-corrected chi connectivity index (χ1v) is 3.90. The summed E-state index contributed by atoms with van der Waals surface area (Å²) in [5.41, 5.74) is 0. The maximum atomic E-state index is 10.8. The number of carbonyl (C=O) groups is 2. The predicted molar refractivity (Wildman–Crippen MR) is 46.1 cm³/mol. The van der Waals surface area contributed by atoms with E-state index in [0.717, 1.165) is 0 Å². The third kappa shape index (κ3) is 1.29. The quantitative estimate of drug-likeness (QED) is 0.494. The van der Waals surface area contributed by atoms with Crippen molar-refractivity contribution in [2.24, 2.45) is 0 Å². The molecule has 0 amide bonds. The van der Waals surface area contributed by atoms with Crippen LogP contribution in [0.15, 0.2) is 20.8 Å². The van der Waals surface area contributed by atoms with Crippen LogP contribution in [0, 0.1) is 0 Å².